The lowest BCUT2D eigenvalue weighted by Gasteiger charge is -2.08. The summed E-state index contributed by atoms with van der Waals surface area (Å²) in [6.45, 7) is 2.24. The van der Waals surface area contributed by atoms with E-state index in [0.717, 1.165) is 19.3 Å². The van der Waals surface area contributed by atoms with Crippen LogP contribution in [-0.2, 0) is 14.9 Å². The van der Waals surface area contributed by atoms with Crippen LogP contribution in [0, 0.1) is 0 Å². The molecule has 0 aromatic rings. The zero-order valence-corrected chi connectivity index (χ0v) is 16.7. The van der Waals surface area contributed by atoms with E-state index >= 15 is 0 Å². The summed E-state index contributed by atoms with van der Waals surface area (Å²) >= 11 is 0. The summed E-state index contributed by atoms with van der Waals surface area (Å²) < 4.78 is 30.7. The van der Waals surface area contributed by atoms with Crippen LogP contribution < -0.4 is 6.15 Å². The van der Waals surface area contributed by atoms with Crippen LogP contribution in [0.1, 0.15) is 103 Å². The first kappa shape index (κ1) is 26.6. The van der Waals surface area contributed by atoms with Crippen molar-refractivity contribution in [1.82, 2.24) is 6.15 Å². The van der Waals surface area contributed by atoms with Gasteiger partial charge in [-0.2, -0.15) is 8.42 Å². The highest BCUT2D eigenvalue weighted by Crippen LogP contribution is 2.15. The molecule has 0 aliphatic rings. The summed E-state index contributed by atoms with van der Waals surface area (Å²) in [5, 5.41) is 7.10. The Kier molecular flexibility index (Phi) is 17.8. The van der Waals surface area contributed by atoms with Crippen molar-refractivity contribution in [3.63, 3.8) is 0 Å². The van der Waals surface area contributed by atoms with Gasteiger partial charge in [-0.05, 0) is 6.42 Å². The standard InChI is InChI=1S/C18H36O5S.H3N/c1-2-3-4-5-6-7-8-9-10-11-12-13-14-15-16-17(18(19)20)24(21,22)23;/h17H,2-16H2,1H3,(H,19,20)(H,21,22,23);1H3. The molecule has 0 aliphatic carbocycles. The highest BCUT2D eigenvalue weighted by molar-refractivity contribution is 7.87. The fourth-order valence-electron chi connectivity index (χ4n) is 2.92. The van der Waals surface area contributed by atoms with Gasteiger partial charge in [0.2, 0.25) is 0 Å². The maximum absolute atomic E-state index is 10.9. The Labute approximate surface area is 154 Å². The molecule has 0 rings (SSSR count). The minimum atomic E-state index is -4.48. The highest BCUT2D eigenvalue weighted by atomic mass is 32.2. The third kappa shape index (κ3) is 16.6. The number of hydrogen-bond donors (Lipinski definition) is 3. The molecule has 152 valence electrons. The largest absolute Gasteiger partial charge is 0.480 e. The predicted octanol–water partition coefficient (Wildman–Crippen LogP) is 5.36. The number of rotatable bonds is 17. The zero-order chi connectivity index (χ0) is 18.3. The van der Waals surface area contributed by atoms with Crippen molar-refractivity contribution in [2.24, 2.45) is 0 Å². The van der Waals surface area contributed by atoms with Crippen molar-refractivity contribution >= 4 is 16.1 Å². The normalized spacial score (nSPS) is 12.6. The second-order valence-electron chi connectivity index (χ2n) is 6.73. The fourth-order valence-corrected chi connectivity index (χ4v) is 3.64. The van der Waals surface area contributed by atoms with Crippen LogP contribution in [0.25, 0.3) is 0 Å². The van der Waals surface area contributed by atoms with Gasteiger partial charge in [0, 0.05) is 0 Å². The molecule has 0 aromatic carbocycles. The second-order valence-corrected chi connectivity index (χ2v) is 8.33. The molecular weight excluding hydrogens is 342 g/mol. The summed E-state index contributed by atoms with van der Waals surface area (Å²) in [5.74, 6) is -1.47. The van der Waals surface area contributed by atoms with E-state index < -0.39 is 21.3 Å². The topological polar surface area (TPSA) is 127 Å². The van der Waals surface area contributed by atoms with Gasteiger partial charge in [-0.15, -0.1) is 0 Å². The van der Waals surface area contributed by atoms with E-state index in [4.69, 9.17) is 9.66 Å². The molecule has 0 saturated heterocycles. The molecule has 25 heavy (non-hydrogen) atoms. The first-order valence-corrected chi connectivity index (χ1v) is 11.1. The molecule has 0 bridgehead atoms. The number of unbranched alkanes of at least 4 members (excludes halogenated alkanes) is 13. The number of carbonyl (C=O) groups is 1. The van der Waals surface area contributed by atoms with E-state index in [2.05, 4.69) is 6.92 Å². The maximum Gasteiger partial charge on any atom is 0.324 e. The molecule has 0 saturated carbocycles. The van der Waals surface area contributed by atoms with Crippen LogP contribution in [0.3, 0.4) is 0 Å². The minimum Gasteiger partial charge on any atom is -0.480 e. The molecular formula is C18H39NO5S. The lowest BCUT2D eigenvalue weighted by molar-refractivity contribution is -0.136. The summed E-state index contributed by atoms with van der Waals surface area (Å²) in [5.41, 5.74) is 0. The number of carboxylic acids is 1. The van der Waals surface area contributed by atoms with Gasteiger partial charge in [-0.25, -0.2) is 0 Å². The van der Waals surface area contributed by atoms with Crippen molar-refractivity contribution in [1.29, 1.82) is 0 Å². The highest BCUT2D eigenvalue weighted by Gasteiger charge is 2.29. The van der Waals surface area contributed by atoms with Crippen LogP contribution in [0.2, 0.25) is 0 Å². The molecule has 7 heteroatoms. The molecule has 0 aromatic heterocycles. The van der Waals surface area contributed by atoms with Gasteiger partial charge in [0.15, 0.2) is 5.25 Å². The SMILES string of the molecule is CCCCCCCCCCCCCCCCC(C(=O)O)S(=O)(=O)O.N. The van der Waals surface area contributed by atoms with Gasteiger partial charge >= 0.3 is 5.97 Å². The lowest BCUT2D eigenvalue weighted by Crippen LogP contribution is -2.29. The maximum atomic E-state index is 10.9. The molecule has 0 fully saturated rings. The first-order chi connectivity index (χ1) is 11.4. The molecule has 0 amide bonds. The van der Waals surface area contributed by atoms with Gasteiger partial charge in [-0.3, -0.25) is 9.35 Å². The summed E-state index contributed by atoms with van der Waals surface area (Å²) in [4.78, 5) is 10.8. The Morgan fingerprint density at radius 2 is 1.08 bits per heavy atom. The average molecular weight is 382 g/mol. The molecule has 5 N–H and O–H groups in total. The van der Waals surface area contributed by atoms with E-state index in [1.165, 1.54) is 64.2 Å². The van der Waals surface area contributed by atoms with Gasteiger partial charge < -0.3 is 11.3 Å². The van der Waals surface area contributed by atoms with Gasteiger partial charge in [-0.1, -0.05) is 96.8 Å². The number of aliphatic carboxylic acids is 1. The van der Waals surface area contributed by atoms with Crippen LogP contribution in [0.5, 0.6) is 0 Å². The summed E-state index contributed by atoms with van der Waals surface area (Å²) in [7, 11) is -4.48. The van der Waals surface area contributed by atoms with E-state index in [1.54, 1.807) is 0 Å². The monoisotopic (exact) mass is 381 g/mol. The van der Waals surface area contributed by atoms with E-state index in [0.29, 0.717) is 6.42 Å². The zero-order valence-electron chi connectivity index (χ0n) is 15.9. The summed E-state index contributed by atoms with van der Waals surface area (Å²) in [6, 6.07) is 0. The van der Waals surface area contributed by atoms with Gasteiger partial charge in [0.1, 0.15) is 0 Å². The van der Waals surface area contributed by atoms with Gasteiger partial charge in [0.05, 0.1) is 0 Å². The lowest BCUT2D eigenvalue weighted by atomic mass is 10.0. The third-order valence-corrected chi connectivity index (χ3v) is 5.61. The Hall–Kier alpha value is -0.660. The molecule has 0 radical (unpaired) electrons. The Morgan fingerprint density at radius 3 is 1.36 bits per heavy atom. The van der Waals surface area contributed by atoms with Gasteiger partial charge in [0.25, 0.3) is 10.1 Å². The molecule has 0 spiro atoms. The quantitative estimate of drug-likeness (QED) is 0.230. The smallest absolute Gasteiger partial charge is 0.324 e. The van der Waals surface area contributed by atoms with E-state index in [9.17, 15) is 13.2 Å². The van der Waals surface area contributed by atoms with Crippen molar-refractivity contribution < 1.29 is 22.9 Å². The molecule has 1 atom stereocenters. The molecule has 0 heterocycles. The average Bonchev–Trinajstić information content (AvgIpc) is 2.49. The van der Waals surface area contributed by atoms with Crippen LogP contribution >= 0.6 is 0 Å². The van der Waals surface area contributed by atoms with Crippen molar-refractivity contribution in [2.75, 3.05) is 0 Å². The minimum absolute atomic E-state index is 0. The van der Waals surface area contributed by atoms with E-state index in [-0.39, 0.29) is 12.6 Å². The second kappa shape index (κ2) is 16.8. The van der Waals surface area contributed by atoms with Crippen molar-refractivity contribution in [2.45, 2.75) is 108 Å². The Bertz CT molecular complexity index is 412. The number of hydrogen-bond acceptors (Lipinski definition) is 4. The number of carboxylic acid groups (broad SMARTS) is 1. The third-order valence-electron chi connectivity index (χ3n) is 4.45. The van der Waals surface area contributed by atoms with E-state index in [1.807, 2.05) is 0 Å². The Balaban J connectivity index is 0. The first-order valence-electron chi connectivity index (χ1n) is 9.58. The van der Waals surface area contributed by atoms with Crippen molar-refractivity contribution in [3.05, 3.63) is 0 Å². The molecule has 6 nitrogen and oxygen atoms in total. The van der Waals surface area contributed by atoms with Crippen LogP contribution in [-0.4, -0.2) is 29.3 Å². The summed E-state index contributed by atoms with van der Waals surface area (Å²) in [6.07, 6.45) is 16.6. The fraction of sp³-hybridized carbons (Fsp3) is 0.944. The predicted molar refractivity (Wildman–Crippen MR) is 103 cm³/mol. The molecule has 0 aliphatic heterocycles. The van der Waals surface area contributed by atoms with Crippen molar-refractivity contribution in [3.8, 4) is 0 Å². The van der Waals surface area contributed by atoms with Crippen LogP contribution in [0.15, 0.2) is 0 Å². The molecule has 1 unspecified atom stereocenters. The Morgan fingerprint density at radius 1 is 0.760 bits per heavy atom. The van der Waals surface area contributed by atoms with Crippen LogP contribution in [0.4, 0.5) is 0 Å².